The molecular formula is C13H12N2O2S. The largest absolute Gasteiger partial charge is 0.417 e. The van der Waals surface area contributed by atoms with Crippen molar-refractivity contribution in [3.05, 3.63) is 56.2 Å². The summed E-state index contributed by atoms with van der Waals surface area (Å²) in [7, 11) is 0. The standard InChI is InChI=1S/C13H12N2O2S/c1-7-4-5-18-12(7)11(14)8-2-3-9-10(6-8)17-13(16)15-9/h2-6,11H,14H2,1H3,(H,15,16). The second-order valence-corrected chi connectivity index (χ2v) is 5.16. The minimum Gasteiger partial charge on any atom is -0.408 e. The van der Waals surface area contributed by atoms with Gasteiger partial charge in [-0.3, -0.25) is 4.98 Å². The van der Waals surface area contributed by atoms with Gasteiger partial charge in [0, 0.05) is 4.88 Å². The molecule has 92 valence electrons. The van der Waals surface area contributed by atoms with Crippen LogP contribution >= 0.6 is 11.3 Å². The Labute approximate surface area is 107 Å². The first-order valence-corrected chi connectivity index (χ1v) is 6.45. The number of aromatic amines is 1. The van der Waals surface area contributed by atoms with Gasteiger partial charge in [-0.2, -0.15) is 0 Å². The molecule has 1 atom stereocenters. The molecule has 0 radical (unpaired) electrons. The zero-order chi connectivity index (χ0) is 12.7. The summed E-state index contributed by atoms with van der Waals surface area (Å²) in [6.45, 7) is 2.04. The number of thiophene rings is 1. The fourth-order valence-corrected chi connectivity index (χ4v) is 2.97. The summed E-state index contributed by atoms with van der Waals surface area (Å²) in [5.41, 5.74) is 9.60. The number of aromatic nitrogens is 1. The lowest BCUT2D eigenvalue weighted by molar-refractivity contribution is 0.555. The Balaban J connectivity index is 2.09. The molecule has 18 heavy (non-hydrogen) atoms. The van der Waals surface area contributed by atoms with E-state index in [-0.39, 0.29) is 6.04 Å². The monoisotopic (exact) mass is 260 g/mol. The SMILES string of the molecule is Cc1ccsc1C(N)c1ccc2[nH]c(=O)oc2c1. The van der Waals surface area contributed by atoms with Crippen LogP contribution < -0.4 is 11.5 Å². The highest BCUT2D eigenvalue weighted by Crippen LogP contribution is 2.28. The van der Waals surface area contributed by atoms with E-state index in [2.05, 4.69) is 11.1 Å². The second kappa shape index (κ2) is 4.12. The first-order valence-electron chi connectivity index (χ1n) is 5.57. The fraction of sp³-hybridized carbons (Fsp3) is 0.154. The Morgan fingerprint density at radius 2 is 2.22 bits per heavy atom. The van der Waals surface area contributed by atoms with Crippen molar-refractivity contribution in [3.63, 3.8) is 0 Å². The lowest BCUT2D eigenvalue weighted by atomic mass is 10.0. The molecule has 0 fully saturated rings. The highest BCUT2D eigenvalue weighted by Gasteiger charge is 2.14. The van der Waals surface area contributed by atoms with Gasteiger partial charge in [0.15, 0.2) is 5.58 Å². The third-order valence-corrected chi connectivity index (χ3v) is 4.09. The summed E-state index contributed by atoms with van der Waals surface area (Å²) in [6, 6.07) is 7.41. The van der Waals surface area contributed by atoms with E-state index in [0.29, 0.717) is 11.1 Å². The minimum atomic E-state index is -0.442. The van der Waals surface area contributed by atoms with Crippen LogP contribution in [-0.2, 0) is 0 Å². The molecule has 3 rings (SSSR count). The molecule has 1 unspecified atom stereocenters. The van der Waals surface area contributed by atoms with Gasteiger partial charge >= 0.3 is 5.76 Å². The number of aryl methyl sites for hydroxylation is 1. The summed E-state index contributed by atoms with van der Waals surface area (Å²) >= 11 is 1.64. The molecule has 1 aromatic carbocycles. The van der Waals surface area contributed by atoms with E-state index >= 15 is 0 Å². The van der Waals surface area contributed by atoms with Gasteiger partial charge in [0.25, 0.3) is 0 Å². The minimum absolute atomic E-state index is 0.186. The van der Waals surface area contributed by atoms with Gasteiger partial charge in [-0.1, -0.05) is 6.07 Å². The van der Waals surface area contributed by atoms with E-state index < -0.39 is 5.76 Å². The van der Waals surface area contributed by atoms with E-state index in [1.54, 1.807) is 11.3 Å². The number of hydrogen-bond acceptors (Lipinski definition) is 4. The van der Waals surface area contributed by atoms with Crippen LogP contribution in [0.5, 0.6) is 0 Å². The zero-order valence-corrected chi connectivity index (χ0v) is 10.6. The van der Waals surface area contributed by atoms with E-state index in [9.17, 15) is 4.79 Å². The molecule has 0 amide bonds. The number of oxazole rings is 1. The van der Waals surface area contributed by atoms with Gasteiger partial charge in [-0.15, -0.1) is 11.3 Å². The molecule has 0 saturated heterocycles. The smallest absolute Gasteiger partial charge is 0.408 e. The highest BCUT2D eigenvalue weighted by atomic mass is 32.1. The van der Waals surface area contributed by atoms with Crippen LogP contribution in [0.2, 0.25) is 0 Å². The summed E-state index contributed by atoms with van der Waals surface area (Å²) in [4.78, 5) is 14.8. The van der Waals surface area contributed by atoms with Gasteiger partial charge in [0.2, 0.25) is 0 Å². The third kappa shape index (κ3) is 1.77. The van der Waals surface area contributed by atoms with Gasteiger partial charge < -0.3 is 10.2 Å². The maximum Gasteiger partial charge on any atom is 0.417 e. The molecule has 2 heterocycles. The van der Waals surface area contributed by atoms with E-state index in [1.165, 1.54) is 5.56 Å². The van der Waals surface area contributed by atoms with Crippen molar-refractivity contribution < 1.29 is 4.42 Å². The Bertz CT molecular complexity index is 754. The number of hydrogen-bond donors (Lipinski definition) is 2. The maximum atomic E-state index is 11.1. The summed E-state index contributed by atoms with van der Waals surface area (Å²) in [5, 5.41) is 2.03. The summed E-state index contributed by atoms with van der Waals surface area (Å²) < 4.78 is 5.04. The van der Waals surface area contributed by atoms with Crippen LogP contribution in [-0.4, -0.2) is 4.98 Å². The molecule has 0 aliphatic carbocycles. The summed E-state index contributed by atoms with van der Waals surface area (Å²) in [5.74, 6) is -0.442. The molecule has 2 aromatic heterocycles. The number of nitrogens with one attached hydrogen (secondary N) is 1. The second-order valence-electron chi connectivity index (χ2n) is 4.22. The molecule has 3 aromatic rings. The molecule has 0 aliphatic rings. The average molecular weight is 260 g/mol. The van der Waals surface area contributed by atoms with Crippen LogP contribution in [0.15, 0.2) is 38.9 Å². The van der Waals surface area contributed by atoms with E-state index in [1.807, 2.05) is 30.5 Å². The van der Waals surface area contributed by atoms with Gasteiger partial charge in [-0.25, -0.2) is 4.79 Å². The highest BCUT2D eigenvalue weighted by molar-refractivity contribution is 7.10. The zero-order valence-electron chi connectivity index (χ0n) is 9.77. The van der Waals surface area contributed by atoms with Crippen LogP contribution in [0, 0.1) is 6.92 Å². The Hall–Kier alpha value is -1.85. The molecule has 0 spiro atoms. The van der Waals surface area contributed by atoms with Crippen LogP contribution in [0.25, 0.3) is 11.1 Å². The lowest BCUT2D eigenvalue weighted by Gasteiger charge is -2.11. The van der Waals surface area contributed by atoms with Crippen molar-refractivity contribution in [2.75, 3.05) is 0 Å². The first kappa shape index (κ1) is 11.3. The number of rotatable bonds is 2. The van der Waals surface area contributed by atoms with Crippen molar-refractivity contribution in [3.8, 4) is 0 Å². The van der Waals surface area contributed by atoms with Crippen LogP contribution in [0.4, 0.5) is 0 Å². The van der Waals surface area contributed by atoms with Crippen molar-refractivity contribution in [2.24, 2.45) is 5.73 Å². The molecular weight excluding hydrogens is 248 g/mol. The maximum absolute atomic E-state index is 11.1. The van der Waals surface area contributed by atoms with Crippen molar-refractivity contribution >= 4 is 22.4 Å². The number of fused-ring (bicyclic) bond motifs is 1. The van der Waals surface area contributed by atoms with Gasteiger partial charge in [0.1, 0.15) is 0 Å². The van der Waals surface area contributed by atoms with E-state index in [4.69, 9.17) is 10.2 Å². The normalized spacial score (nSPS) is 13.0. The molecule has 0 saturated carbocycles. The third-order valence-electron chi connectivity index (χ3n) is 2.99. The molecule has 4 nitrogen and oxygen atoms in total. The Morgan fingerprint density at radius 3 is 2.94 bits per heavy atom. The Morgan fingerprint density at radius 1 is 1.39 bits per heavy atom. The van der Waals surface area contributed by atoms with Crippen LogP contribution in [0.3, 0.4) is 0 Å². The number of H-pyrrole nitrogens is 1. The van der Waals surface area contributed by atoms with Crippen molar-refractivity contribution in [1.82, 2.24) is 4.98 Å². The first-order chi connectivity index (χ1) is 8.65. The van der Waals surface area contributed by atoms with Gasteiger partial charge in [0.05, 0.1) is 11.6 Å². The lowest BCUT2D eigenvalue weighted by Crippen LogP contribution is -2.11. The average Bonchev–Trinajstić information content (AvgIpc) is 2.91. The Kier molecular flexibility index (Phi) is 2.57. The molecule has 3 N–H and O–H groups in total. The van der Waals surface area contributed by atoms with Crippen molar-refractivity contribution in [2.45, 2.75) is 13.0 Å². The topological polar surface area (TPSA) is 72.0 Å². The molecule has 0 bridgehead atoms. The van der Waals surface area contributed by atoms with Crippen LogP contribution in [0.1, 0.15) is 22.0 Å². The fourth-order valence-electron chi connectivity index (χ4n) is 2.01. The van der Waals surface area contributed by atoms with E-state index in [0.717, 1.165) is 10.4 Å². The predicted octanol–water partition coefficient (Wildman–Crippen LogP) is 2.54. The quantitative estimate of drug-likeness (QED) is 0.743. The molecule has 0 aliphatic heterocycles. The van der Waals surface area contributed by atoms with Crippen molar-refractivity contribution in [1.29, 1.82) is 0 Å². The summed E-state index contributed by atoms with van der Waals surface area (Å²) in [6.07, 6.45) is 0. The number of benzene rings is 1. The predicted molar refractivity (Wildman–Crippen MR) is 71.9 cm³/mol. The molecule has 5 heteroatoms. The number of nitrogens with two attached hydrogens (primary N) is 1. The van der Waals surface area contributed by atoms with Gasteiger partial charge in [-0.05, 0) is 41.6 Å².